The number of nitrogens with zero attached hydrogens (tertiary/aromatic N) is 2. The Morgan fingerprint density at radius 2 is 2.21 bits per heavy atom. The minimum Gasteiger partial charge on any atom is -0.395 e. The van der Waals surface area contributed by atoms with Gasteiger partial charge in [-0.3, -0.25) is 4.90 Å². The number of hydrogen-bond donors (Lipinski definition) is 2. The van der Waals surface area contributed by atoms with Crippen LogP contribution in [-0.4, -0.2) is 47.4 Å². The highest BCUT2D eigenvalue weighted by Crippen LogP contribution is 2.22. The Morgan fingerprint density at radius 1 is 1.47 bits per heavy atom. The maximum Gasteiger partial charge on any atom is 0.401 e. The zero-order chi connectivity index (χ0) is 14.3. The predicted molar refractivity (Wildman–Crippen MR) is 69.3 cm³/mol. The fraction of sp³-hybridized carbons (Fsp3) is 0.727. The second-order valence-corrected chi connectivity index (χ2v) is 5.22. The lowest BCUT2D eigenvalue weighted by atomic mass is 10.4. The van der Waals surface area contributed by atoms with Gasteiger partial charge in [0.2, 0.25) is 0 Å². The van der Waals surface area contributed by atoms with Crippen molar-refractivity contribution in [3.05, 3.63) is 11.1 Å². The van der Waals surface area contributed by atoms with Crippen molar-refractivity contribution in [1.82, 2.24) is 9.88 Å². The molecule has 1 aromatic heterocycles. The first-order chi connectivity index (χ1) is 8.94. The molecule has 19 heavy (non-hydrogen) atoms. The number of aromatic nitrogens is 1. The molecule has 0 amide bonds. The van der Waals surface area contributed by atoms with Crippen molar-refractivity contribution in [1.29, 1.82) is 0 Å². The fourth-order valence-electron chi connectivity index (χ4n) is 1.52. The number of aliphatic hydroxyl groups excluding tert-OH is 1. The molecule has 1 rings (SSSR count). The molecule has 0 aliphatic heterocycles. The van der Waals surface area contributed by atoms with Gasteiger partial charge in [0.15, 0.2) is 5.13 Å². The molecule has 0 aliphatic rings. The molecule has 0 aromatic carbocycles. The van der Waals surface area contributed by atoms with Gasteiger partial charge in [0.05, 0.1) is 13.2 Å². The van der Waals surface area contributed by atoms with Crippen LogP contribution in [0.15, 0.2) is 6.20 Å². The van der Waals surface area contributed by atoms with Gasteiger partial charge >= 0.3 is 6.18 Å². The molecule has 0 radical (unpaired) electrons. The maximum atomic E-state index is 12.4. The lowest BCUT2D eigenvalue weighted by molar-refractivity contribution is -0.147. The van der Waals surface area contributed by atoms with Gasteiger partial charge in [0.25, 0.3) is 0 Å². The summed E-state index contributed by atoms with van der Waals surface area (Å²) in [5.41, 5.74) is 0. The summed E-state index contributed by atoms with van der Waals surface area (Å²) in [6.07, 6.45) is -1.73. The number of thiazole rings is 1. The van der Waals surface area contributed by atoms with Crippen LogP contribution in [0.5, 0.6) is 0 Å². The van der Waals surface area contributed by atoms with E-state index in [0.29, 0.717) is 5.13 Å². The van der Waals surface area contributed by atoms with E-state index in [1.807, 2.05) is 6.92 Å². The summed E-state index contributed by atoms with van der Waals surface area (Å²) in [4.78, 5) is 6.01. The standard InChI is InChI=1S/C11H18F3N3OS/c1-2-3-15-10-16-6-9(19-10)7-17(4-5-18)8-11(12,13)14/h6,18H,2-5,7-8H2,1H3,(H,15,16). The predicted octanol–water partition coefficient (Wildman–Crippen LogP) is 2.32. The third kappa shape index (κ3) is 6.74. The molecule has 8 heteroatoms. The first-order valence-corrected chi connectivity index (χ1v) is 6.84. The van der Waals surface area contributed by atoms with Crippen LogP contribution in [0.4, 0.5) is 18.3 Å². The lowest BCUT2D eigenvalue weighted by Crippen LogP contribution is -2.35. The Labute approximate surface area is 114 Å². The minimum absolute atomic E-state index is 0.00483. The number of rotatable bonds is 8. The molecule has 0 spiro atoms. The second kappa shape index (κ2) is 7.66. The molecule has 1 heterocycles. The van der Waals surface area contributed by atoms with Gasteiger partial charge in [-0.05, 0) is 6.42 Å². The lowest BCUT2D eigenvalue weighted by Gasteiger charge is -2.21. The van der Waals surface area contributed by atoms with Crippen LogP contribution >= 0.6 is 11.3 Å². The topological polar surface area (TPSA) is 48.4 Å². The Bertz CT molecular complexity index is 370. The summed E-state index contributed by atoms with van der Waals surface area (Å²) >= 11 is 1.34. The maximum absolute atomic E-state index is 12.4. The van der Waals surface area contributed by atoms with Gasteiger partial charge in [-0.2, -0.15) is 13.2 Å². The summed E-state index contributed by atoms with van der Waals surface area (Å²) in [7, 11) is 0. The summed E-state index contributed by atoms with van der Waals surface area (Å²) in [6.45, 7) is 1.63. The van der Waals surface area contributed by atoms with Crippen molar-refractivity contribution in [3.63, 3.8) is 0 Å². The van der Waals surface area contributed by atoms with E-state index in [1.54, 1.807) is 6.20 Å². The highest BCUT2D eigenvalue weighted by atomic mass is 32.1. The van der Waals surface area contributed by atoms with Crippen LogP contribution in [0.2, 0.25) is 0 Å². The van der Waals surface area contributed by atoms with Crippen molar-refractivity contribution in [2.75, 3.05) is 31.6 Å². The van der Waals surface area contributed by atoms with Gasteiger partial charge in [0, 0.05) is 30.7 Å². The van der Waals surface area contributed by atoms with Crippen molar-refractivity contribution >= 4 is 16.5 Å². The summed E-state index contributed by atoms with van der Waals surface area (Å²) < 4.78 is 37.1. The first-order valence-electron chi connectivity index (χ1n) is 6.03. The molecule has 0 fully saturated rings. The van der Waals surface area contributed by atoms with Crippen LogP contribution in [0, 0.1) is 0 Å². The molecule has 0 aliphatic carbocycles. The number of alkyl halides is 3. The summed E-state index contributed by atoms with van der Waals surface area (Å²) in [5.74, 6) is 0. The SMILES string of the molecule is CCCNc1ncc(CN(CCO)CC(F)(F)F)s1. The molecular weight excluding hydrogens is 279 g/mol. The van der Waals surface area contributed by atoms with Crippen LogP contribution < -0.4 is 5.32 Å². The van der Waals surface area contributed by atoms with Gasteiger partial charge in [-0.15, -0.1) is 11.3 Å². The molecule has 0 unspecified atom stereocenters. The number of hydrogen-bond acceptors (Lipinski definition) is 5. The summed E-state index contributed by atoms with van der Waals surface area (Å²) in [6, 6.07) is 0. The molecule has 1 aromatic rings. The number of aliphatic hydroxyl groups is 1. The Balaban J connectivity index is 2.55. The Kier molecular flexibility index (Phi) is 6.53. The van der Waals surface area contributed by atoms with Crippen LogP contribution in [0.25, 0.3) is 0 Å². The van der Waals surface area contributed by atoms with Gasteiger partial charge in [-0.1, -0.05) is 6.92 Å². The normalized spacial score (nSPS) is 12.1. The van der Waals surface area contributed by atoms with Crippen LogP contribution in [0.3, 0.4) is 0 Å². The molecular formula is C11H18F3N3OS. The van der Waals surface area contributed by atoms with Gasteiger partial charge in [0.1, 0.15) is 0 Å². The van der Waals surface area contributed by atoms with Crippen molar-refractivity contribution in [3.8, 4) is 0 Å². The van der Waals surface area contributed by atoms with E-state index in [9.17, 15) is 13.2 Å². The van der Waals surface area contributed by atoms with Crippen LogP contribution in [-0.2, 0) is 6.54 Å². The smallest absolute Gasteiger partial charge is 0.395 e. The zero-order valence-electron chi connectivity index (χ0n) is 10.7. The zero-order valence-corrected chi connectivity index (χ0v) is 11.5. The molecule has 4 nitrogen and oxygen atoms in total. The van der Waals surface area contributed by atoms with E-state index in [4.69, 9.17) is 5.11 Å². The monoisotopic (exact) mass is 297 g/mol. The second-order valence-electron chi connectivity index (χ2n) is 4.11. The highest BCUT2D eigenvalue weighted by Gasteiger charge is 2.30. The molecule has 0 bridgehead atoms. The molecule has 2 N–H and O–H groups in total. The van der Waals surface area contributed by atoms with E-state index < -0.39 is 12.7 Å². The number of halogens is 3. The molecule has 0 saturated carbocycles. The fourth-order valence-corrected chi connectivity index (χ4v) is 2.40. The molecule has 110 valence electrons. The van der Waals surface area contributed by atoms with Crippen molar-refractivity contribution in [2.24, 2.45) is 0 Å². The van der Waals surface area contributed by atoms with E-state index >= 15 is 0 Å². The minimum atomic E-state index is -4.26. The molecule has 0 atom stereocenters. The van der Waals surface area contributed by atoms with Gasteiger partial charge in [-0.25, -0.2) is 4.98 Å². The summed E-state index contributed by atoms with van der Waals surface area (Å²) in [5, 5.41) is 12.6. The highest BCUT2D eigenvalue weighted by molar-refractivity contribution is 7.15. The van der Waals surface area contributed by atoms with E-state index in [-0.39, 0.29) is 19.7 Å². The Hall–Kier alpha value is -0.860. The molecule has 0 saturated heterocycles. The quantitative estimate of drug-likeness (QED) is 0.773. The first kappa shape index (κ1) is 16.2. The average molecular weight is 297 g/mol. The largest absolute Gasteiger partial charge is 0.401 e. The number of nitrogens with one attached hydrogen (secondary N) is 1. The van der Waals surface area contributed by atoms with Crippen molar-refractivity contribution in [2.45, 2.75) is 26.1 Å². The van der Waals surface area contributed by atoms with E-state index in [2.05, 4.69) is 10.3 Å². The third-order valence-corrected chi connectivity index (χ3v) is 3.22. The third-order valence-electron chi connectivity index (χ3n) is 2.28. The van der Waals surface area contributed by atoms with Crippen LogP contribution in [0.1, 0.15) is 18.2 Å². The average Bonchev–Trinajstić information content (AvgIpc) is 2.72. The van der Waals surface area contributed by atoms with E-state index in [0.717, 1.165) is 22.7 Å². The Morgan fingerprint density at radius 3 is 2.79 bits per heavy atom. The van der Waals surface area contributed by atoms with Gasteiger partial charge < -0.3 is 10.4 Å². The van der Waals surface area contributed by atoms with Crippen molar-refractivity contribution < 1.29 is 18.3 Å². The van der Waals surface area contributed by atoms with E-state index in [1.165, 1.54) is 11.3 Å². The number of anilines is 1.